The summed E-state index contributed by atoms with van der Waals surface area (Å²) in [6, 6.07) is 14.0. The topological polar surface area (TPSA) is 69.2 Å². The molecule has 0 heterocycles. The molecule has 33 heavy (non-hydrogen) atoms. The number of nitrogens with zero attached hydrogens (tertiary/aromatic N) is 1. The van der Waals surface area contributed by atoms with Crippen molar-refractivity contribution < 1.29 is 23.4 Å². The first-order chi connectivity index (χ1) is 15.9. The number of hydrogen-bond acceptors (Lipinski definition) is 5. The fourth-order valence-electron chi connectivity index (χ4n) is 2.89. The number of benzene rings is 3. The molecule has 0 spiro atoms. The molecule has 3 aromatic rings. The van der Waals surface area contributed by atoms with E-state index >= 15 is 0 Å². The number of halogens is 3. The molecule has 0 fully saturated rings. The molecule has 0 saturated heterocycles. The second-order valence-corrected chi connectivity index (χ2v) is 7.54. The van der Waals surface area contributed by atoms with Gasteiger partial charge in [0.2, 0.25) is 0 Å². The molecule has 6 nitrogen and oxygen atoms in total. The predicted octanol–water partition coefficient (Wildman–Crippen LogP) is 5.88. The molecule has 3 rings (SSSR count). The van der Waals surface area contributed by atoms with E-state index in [4.69, 9.17) is 37.4 Å². The van der Waals surface area contributed by atoms with Crippen molar-refractivity contribution in [2.45, 2.75) is 13.5 Å². The highest BCUT2D eigenvalue weighted by molar-refractivity contribution is 6.37. The molecule has 0 saturated carbocycles. The Morgan fingerprint density at radius 1 is 1.06 bits per heavy atom. The van der Waals surface area contributed by atoms with Gasteiger partial charge in [-0.05, 0) is 60.5 Å². The maximum Gasteiger partial charge on any atom is 0.271 e. The lowest BCUT2D eigenvalue weighted by atomic mass is 10.2. The molecule has 1 N–H and O–H groups in total. The molecule has 1 amide bonds. The van der Waals surface area contributed by atoms with Gasteiger partial charge in [0, 0.05) is 5.56 Å². The van der Waals surface area contributed by atoms with Crippen molar-refractivity contribution >= 4 is 35.3 Å². The Bertz CT molecular complexity index is 1150. The number of hydrazone groups is 1. The molecule has 0 atom stereocenters. The Morgan fingerprint density at radius 2 is 1.82 bits per heavy atom. The maximum atomic E-state index is 13.3. The van der Waals surface area contributed by atoms with E-state index in [0.29, 0.717) is 34.8 Å². The summed E-state index contributed by atoms with van der Waals surface area (Å²) in [5.41, 5.74) is 3.98. The van der Waals surface area contributed by atoms with Crippen LogP contribution in [0.25, 0.3) is 0 Å². The van der Waals surface area contributed by atoms with Crippen LogP contribution in [0.1, 0.15) is 28.4 Å². The van der Waals surface area contributed by atoms with Gasteiger partial charge in [-0.25, -0.2) is 9.82 Å². The first-order valence-corrected chi connectivity index (χ1v) is 10.7. The lowest BCUT2D eigenvalue weighted by Crippen LogP contribution is -2.17. The minimum atomic E-state index is -0.431. The van der Waals surface area contributed by atoms with Crippen LogP contribution < -0.4 is 19.6 Å². The minimum Gasteiger partial charge on any atom is -0.493 e. The third kappa shape index (κ3) is 6.60. The van der Waals surface area contributed by atoms with Crippen LogP contribution in [0.5, 0.6) is 17.2 Å². The molecule has 0 bridgehead atoms. The summed E-state index contributed by atoms with van der Waals surface area (Å²) in [6.07, 6.45) is 1.40. The fraction of sp³-hybridized carbons (Fsp3) is 0.167. The van der Waals surface area contributed by atoms with E-state index < -0.39 is 5.91 Å². The zero-order chi connectivity index (χ0) is 23.8. The van der Waals surface area contributed by atoms with Gasteiger partial charge < -0.3 is 14.2 Å². The summed E-state index contributed by atoms with van der Waals surface area (Å²) in [5, 5.41) is 4.46. The summed E-state index contributed by atoms with van der Waals surface area (Å²) in [7, 11) is 1.50. The van der Waals surface area contributed by atoms with Crippen molar-refractivity contribution in [1.29, 1.82) is 0 Å². The van der Waals surface area contributed by atoms with Gasteiger partial charge in [-0.2, -0.15) is 5.10 Å². The summed E-state index contributed by atoms with van der Waals surface area (Å²) in [5.74, 6) is 0.473. The SMILES string of the molecule is CCOc1ccc(C(=O)N/N=C/c2cc(Cl)c(OCc3cccc(F)c3)c(Cl)c2)cc1OC. The quantitative estimate of drug-likeness (QED) is 0.300. The van der Waals surface area contributed by atoms with Gasteiger partial charge in [-0.15, -0.1) is 0 Å². The van der Waals surface area contributed by atoms with Gasteiger partial charge in [0.05, 0.1) is 30.0 Å². The number of carbonyl (C=O) groups is 1. The molecule has 0 aliphatic carbocycles. The molecule has 3 aromatic carbocycles. The largest absolute Gasteiger partial charge is 0.493 e. The Labute approximate surface area is 200 Å². The first kappa shape index (κ1) is 24.4. The second kappa shape index (κ2) is 11.5. The zero-order valence-corrected chi connectivity index (χ0v) is 19.4. The lowest BCUT2D eigenvalue weighted by Gasteiger charge is -2.11. The van der Waals surface area contributed by atoms with Crippen LogP contribution in [0, 0.1) is 5.82 Å². The van der Waals surface area contributed by atoms with Crippen LogP contribution in [0.2, 0.25) is 10.0 Å². The maximum absolute atomic E-state index is 13.3. The van der Waals surface area contributed by atoms with Gasteiger partial charge in [0.25, 0.3) is 5.91 Å². The number of hydrogen-bond donors (Lipinski definition) is 1. The van der Waals surface area contributed by atoms with Crippen molar-refractivity contribution in [3.05, 3.63) is 87.2 Å². The Hall–Kier alpha value is -3.29. The van der Waals surface area contributed by atoms with Crippen molar-refractivity contribution in [3.63, 3.8) is 0 Å². The molecule has 172 valence electrons. The molecule has 9 heteroatoms. The Balaban J connectivity index is 1.64. The lowest BCUT2D eigenvalue weighted by molar-refractivity contribution is 0.0954. The summed E-state index contributed by atoms with van der Waals surface area (Å²) in [6.45, 7) is 2.44. The van der Waals surface area contributed by atoms with Crippen LogP contribution >= 0.6 is 23.2 Å². The van der Waals surface area contributed by atoms with Gasteiger partial charge in [0.15, 0.2) is 17.2 Å². The average molecular weight is 491 g/mol. The van der Waals surface area contributed by atoms with Crippen LogP contribution in [0.15, 0.2) is 59.7 Å². The van der Waals surface area contributed by atoms with Crippen molar-refractivity contribution in [1.82, 2.24) is 5.43 Å². The highest BCUT2D eigenvalue weighted by Gasteiger charge is 2.12. The van der Waals surface area contributed by atoms with Crippen LogP contribution in [-0.4, -0.2) is 25.8 Å². The average Bonchev–Trinajstić information content (AvgIpc) is 2.79. The predicted molar refractivity (Wildman–Crippen MR) is 126 cm³/mol. The molecular formula is C24H21Cl2FN2O4. The second-order valence-electron chi connectivity index (χ2n) is 6.73. The highest BCUT2D eigenvalue weighted by atomic mass is 35.5. The first-order valence-electron chi connectivity index (χ1n) is 9.91. The van der Waals surface area contributed by atoms with Crippen LogP contribution in [0.3, 0.4) is 0 Å². The van der Waals surface area contributed by atoms with Crippen LogP contribution in [-0.2, 0) is 6.61 Å². The fourth-order valence-corrected chi connectivity index (χ4v) is 3.50. The summed E-state index contributed by atoms with van der Waals surface area (Å²) >= 11 is 12.6. The number of carbonyl (C=O) groups excluding carboxylic acids is 1. The summed E-state index contributed by atoms with van der Waals surface area (Å²) in [4.78, 5) is 12.4. The van der Waals surface area contributed by atoms with E-state index in [9.17, 15) is 9.18 Å². The molecule has 0 aliphatic heterocycles. The molecular weight excluding hydrogens is 470 g/mol. The molecule has 0 radical (unpaired) electrons. The smallest absolute Gasteiger partial charge is 0.271 e. The van der Waals surface area contributed by atoms with E-state index in [1.807, 2.05) is 6.92 Å². The number of nitrogens with one attached hydrogen (secondary N) is 1. The molecule has 0 unspecified atom stereocenters. The number of methoxy groups -OCH3 is 1. The minimum absolute atomic E-state index is 0.103. The van der Waals surface area contributed by atoms with E-state index in [2.05, 4.69) is 10.5 Å². The van der Waals surface area contributed by atoms with Crippen molar-refractivity contribution in [3.8, 4) is 17.2 Å². The van der Waals surface area contributed by atoms with E-state index in [1.54, 1.807) is 42.5 Å². The number of rotatable bonds is 9. The Morgan fingerprint density at radius 3 is 2.48 bits per heavy atom. The van der Waals surface area contributed by atoms with E-state index in [0.717, 1.165) is 0 Å². The van der Waals surface area contributed by atoms with Crippen molar-refractivity contribution in [2.75, 3.05) is 13.7 Å². The normalized spacial score (nSPS) is 10.8. The molecule has 0 aliphatic rings. The Kier molecular flexibility index (Phi) is 8.52. The van der Waals surface area contributed by atoms with Gasteiger partial charge in [-0.1, -0.05) is 35.3 Å². The van der Waals surface area contributed by atoms with Gasteiger partial charge >= 0.3 is 0 Å². The monoisotopic (exact) mass is 490 g/mol. The highest BCUT2D eigenvalue weighted by Crippen LogP contribution is 2.34. The third-order valence-electron chi connectivity index (χ3n) is 4.40. The van der Waals surface area contributed by atoms with E-state index in [1.165, 1.54) is 25.5 Å². The third-order valence-corrected chi connectivity index (χ3v) is 4.96. The molecule has 0 aromatic heterocycles. The van der Waals surface area contributed by atoms with Gasteiger partial charge in [-0.3, -0.25) is 4.79 Å². The standard InChI is InChI=1S/C24H21Cl2FN2O4/c1-3-32-21-8-7-17(12-22(21)31-2)24(30)29-28-13-16-10-19(25)23(20(26)11-16)33-14-15-5-4-6-18(27)9-15/h4-13H,3,14H2,1-2H3,(H,29,30)/b28-13+. The van der Waals surface area contributed by atoms with E-state index in [-0.39, 0.29) is 28.2 Å². The number of amides is 1. The van der Waals surface area contributed by atoms with Gasteiger partial charge in [0.1, 0.15) is 12.4 Å². The number of ether oxygens (including phenoxy) is 3. The zero-order valence-electron chi connectivity index (χ0n) is 17.9. The van der Waals surface area contributed by atoms with Crippen LogP contribution in [0.4, 0.5) is 4.39 Å². The summed E-state index contributed by atoms with van der Waals surface area (Å²) < 4.78 is 29.7. The van der Waals surface area contributed by atoms with Crippen molar-refractivity contribution in [2.24, 2.45) is 5.10 Å².